The van der Waals surface area contributed by atoms with Crippen LogP contribution < -0.4 is 0 Å². The highest BCUT2D eigenvalue weighted by Crippen LogP contribution is 2.55. The minimum Gasteiger partial charge on any atom is -0.206 e. The van der Waals surface area contributed by atoms with Crippen molar-refractivity contribution in [1.82, 2.24) is 0 Å². The lowest BCUT2D eigenvalue weighted by Gasteiger charge is -2.20. The molecular formula is C52H22F4N6. The van der Waals surface area contributed by atoms with Crippen LogP contribution in [0.25, 0.3) is 22.3 Å². The van der Waals surface area contributed by atoms with Gasteiger partial charge in [0.15, 0.2) is 0 Å². The van der Waals surface area contributed by atoms with Gasteiger partial charge in [0.05, 0.1) is 45.5 Å². The largest absolute Gasteiger partial charge is 0.206 e. The summed E-state index contributed by atoms with van der Waals surface area (Å²) in [5.41, 5.74) is 4.62. The third-order valence-corrected chi connectivity index (χ3v) is 10.6. The van der Waals surface area contributed by atoms with Crippen LogP contribution in [0.1, 0.15) is 66.8 Å². The zero-order valence-electron chi connectivity index (χ0n) is 31.9. The fraction of sp³-hybridized carbons (Fsp3) is 0. The van der Waals surface area contributed by atoms with E-state index in [0.29, 0.717) is 78.0 Å². The first kappa shape index (κ1) is 39.5. The van der Waals surface area contributed by atoms with Crippen molar-refractivity contribution in [2.45, 2.75) is 0 Å². The molecule has 10 heteroatoms. The summed E-state index contributed by atoms with van der Waals surface area (Å²) in [5, 5.41) is 60.8. The van der Waals surface area contributed by atoms with E-state index in [0.717, 1.165) is 24.3 Å². The van der Waals surface area contributed by atoms with Crippen molar-refractivity contribution in [1.29, 1.82) is 31.6 Å². The summed E-state index contributed by atoms with van der Waals surface area (Å²) in [6, 6.07) is 41.0. The number of benzene rings is 6. The van der Waals surface area contributed by atoms with Crippen LogP contribution in [-0.4, -0.2) is 0 Å². The molecule has 6 aromatic carbocycles. The molecule has 0 saturated carbocycles. The molecule has 0 atom stereocenters. The van der Waals surface area contributed by atoms with E-state index >= 15 is 17.6 Å². The SMILES string of the molecule is N#Cc1cc(C(=C2C(c3ccccc3C#N)=CC3=C2C=C(c2ccccc2C#N)C3=C(c2ccc(F)c(C#N)c2)c2ccc(F)c(C#N)c2)c2ccc(F)c(C#N)c2)ccc1F. The van der Waals surface area contributed by atoms with E-state index in [1.165, 1.54) is 48.5 Å². The molecule has 0 bridgehead atoms. The van der Waals surface area contributed by atoms with E-state index in [1.54, 1.807) is 60.7 Å². The summed E-state index contributed by atoms with van der Waals surface area (Å²) in [6.07, 6.45) is 3.59. The van der Waals surface area contributed by atoms with Crippen molar-refractivity contribution in [3.05, 3.63) is 246 Å². The van der Waals surface area contributed by atoms with Gasteiger partial charge in [-0.05, 0) is 140 Å². The van der Waals surface area contributed by atoms with Crippen molar-refractivity contribution < 1.29 is 17.6 Å². The molecule has 6 nitrogen and oxygen atoms in total. The van der Waals surface area contributed by atoms with Gasteiger partial charge < -0.3 is 0 Å². The lowest BCUT2D eigenvalue weighted by atomic mass is 9.82. The molecule has 0 spiro atoms. The van der Waals surface area contributed by atoms with Crippen LogP contribution in [0.2, 0.25) is 0 Å². The van der Waals surface area contributed by atoms with Gasteiger partial charge in [-0.3, -0.25) is 0 Å². The molecule has 0 amide bonds. The summed E-state index contributed by atoms with van der Waals surface area (Å²) >= 11 is 0. The number of hydrogen-bond acceptors (Lipinski definition) is 6. The Hall–Kier alpha value is -9.32. The van der Waals surface area contributed by atoms with Crippen LogP contribution in [0.15, 0.2) is 156 Å². The van der Waals surface area contributed by atoms with Crippen LogP contribution in [0.3, 0.4) is 0 Å². The highest BCUT2D eigenvalue weighted by Gasteiger charge is 2.37. The first-order valence-corrected chi connectivity index (χ1v) is 18.6. The molecule has 0 heterocycles. The van der Waals surface area contributed by atoms with Crippen LogP contribution in [0.4, 0.5) is 17.6 Å². The molecule has 6 aromatic rings. The van der Waals surface area contributed by atoms with Crippen LogP contribution >= 0.6 is 0 Å². The average molecular weight is 807 g/mol. The van der Waals surface area contributed by atoms with Gasteiger partial charge in [-0.25, -0.2) is 17.6 Å². The molecule has 0 aliphatic heterocycles. The highest BCUT2D eigenvalue weighted by atomic mass is 19.1. The second kappa shape index (κ2) is 16.1. The van der Waals surface area contributed by atoms with Crippen LogP contribution in [-0.2, 0) is 0 Å². The fourth-order valence-electron chi connectivity index (χ4n) is 7.86. The van der Waals surface area contributed by atoms with E-state index in [4.69, 9.17) is 0 Å². The zero-order chi connectivity index (χ0) is 43.7. The molecular weight excluding hydrogens is 785 g/mol. The first-order valence-electron chi connectivity index (χ1n) is 18.6. The number of hydrogen-bond donors (Lipinski definition) is 0. The molecule has 2 aliphatic rings. The Balaban J connectivity index is 1.63. The highest BCUT2D eigenvalue weighted by molar-refractivity contribution is 6.13. The van der Waals surface area contributed by atoms with Crippen LogP contribution in [0, 0.1) is 91.3 Å². The number of halogens is 4. The monoisotopic (exact) mass is 806 g/mol. The Kier molecular flexibility index (Phi) is 10.3. The third-order valence-electron chi connectivity index (χ3n) is 10.6. The molecule has 288 valence electrons. The van der Waals surface area contributed by atoms with Gasteiger partial charge in [0.2, 0.25) is 0 Å². The minimum absolute atomic E-state index is 0.254. The molecule has 0 fully saturated rings. The molecule has 0 saturated heterocycles. The van der Waals surface area contributed by atoms with E-state index in [1.807, 2.05) is 24.3 Å². The zero-order valence-corrected chi connectivity index (χ0v) is 31.9. The van der Waals surface area contributed by atoms with Gasteiger partial charge in [0, 0.05) is 11.1 Å². The first-order chi connectivity index (χ1) is 30.1. The maximum Gasteiger partial charge on any atom is 0.140 e. The van der Waals surface area contributed by atoms with E-state index in [2.05, 4.69) is 12.1 Å². The van der Waals surface area contributed by atoms with E-state index < -0.39 is 23.3 Å². The molecule has 2 aliphatic carbocycles. The van der Waals surface area contributed by atoms with E-state index in [-0.39, 0.29) is 33.4 Å². The summed E-state index contributed by atoms with van der Waals surface area (Å²) in [7, 11) is 0. The van der Waals surface area contributed by atoms with Crippen LogP contribution in [0.5, 0.6) is 0 Å². The summed E-state index contributed by atoms with van der Waals surface area (Å²) in [4.78, 5) is 0. The standard InChI is InChI=1S/C52H22F4N6/c53-45-13-9-29(17-35(45)25-59)49(30-10-14-46(54)36(18-30)26-60)51-41(39-7-3-1-5-33(39)23-57)21-43-44(51)22-42(40-8-4-2-6-34(40)24-58)52(43)50(31-11-15-47(55)37(19-31)27-61)32-12-16-48(56)38(20-32)28-62/h1-22H. The van der Waals surface area contributed by atoms with Crippen molar-refractivity contribution in [3.63, 3.8) is 0 Å². The predicted molar refractivity (Wildman–Crippen MR) is 222 cm³/mol. The summed E-state index contributed by atoms with van der Waals surface area (Å²) in [5.74, 6) is -3.19. The maximum atomic E-state index is 15.1. The molecule has 0 aromatic heterocycles. The smallest absolute Gasteiger partial charge is 0.140 e. The van der Waals surface area contributed by atoms with Gasteiger partial charge in [-0.15, -0.1) is 0 Å². The Morgan fingerprint density at radius 1 is 0.339 bits per heavy atom. The molecule has 0 unspecified atom stereocenters. The normalized spacial score (nSPS) is 12.5. The van der Waals surface area contributed by atoms with Gasteiger partial charge >= 0.3 is 0 Å². The topological polar surface area (TPSA) is 143 Å². The Morgan fingerprint density at radius 3 is 0.887 bits per heavy atom. The molecule has 62 heavy (non-hydrogen) atoms. The number of nitriles is 6. The summed E-state index contributed by atoms with van der Waals surface area (Å²) in [6.45, 7) is 0. The maximum absolute atomic E-state index is 15.1. The Bertz CT molecular complexity index is 3060. The minimum atomic E-state index is -0.799. The second-order valence-corrected chi connectivity index (χ2v) is 14.0. The molecule has 0 radical (unpaired) electrons. The van der Waals surface area contributed by atoms with E-state index in [9.17, 15) is 31.6 Å². The molecule has 8 rings (SSSR count). The van der Waals surface area contributed by atoms with Gasteiger partial charge in [0.25, 0.3) is 0 Å². The summed E-state index contributed by atoms with van der Waals surface area (Å²) < 4.78 is 60.2. The second-order valence-electron chi connectivity index (χ2n) is 14.0. The molecule has 0 N–H and O–H groups in total. The third kappa shape index (κ3) is 6.70. The van der Waals surface area contributed by atoms with Gasteiger partial charge in [-0.1, -0.05) is 60.7 Å². The average Bonchev–Trinajstić information content (AvgIpc) is 3.85. The van der Waals surface area contributed by atoms with Gasteiger partial charge in [-0.2, -0.15) is 31.6 Å². The predicted octanol–water partition coefficient (Wildman–Crippen LogP) is 11.3. The quantitative estimate of drug-likeness (QED) is 0.153. The van der Waals surface area contributed by atoms with Gasteiger partial charge in [0.1, 0.15) is 47.5 Å². The fourth-order valence-corrected chi connectivity index (χ4v) is 7.86. The van der Waals surface area contributed by atoms with Crippen molar-refractivity contribution in [3.8, 4) is 36.4 Å². The lowest BCUT2D eigenvalue weighted by molar-refractivity contribution is 0.623. The number of allylic oxidation sites excluding steroid dienone is 8. The van der Waals surface area contributed by atoms with Crippen molar-refractivity contribution in [2.24, 2.45) is 0 Å². The Labute approximate surface area is 352 Å². The lowest BCUT2D eigenvalue weighted by Crippen LogP contribution is -2.02. The number of rotatable bonds is 6. The van der Waals surface area contributed by atoms with Crippen molar-refractivity contribution in [2.75, 3.05) is 0 Å². The number of nitrogens with zero attached hydrogens (tertiary/aromatic N) is 6. The van der Waals surface area contributed by atoms with Crippen molar-refractivity contribution >= 4 is 22.3 Å². The Morgan fingerprint density at radius 2 is 0.613 bits per heavy atom.